The number of hydrogen-bond donors (Lipinski definition) is 3. The summed E-state index contributed by atoms with van der Waals surface area (Å²) in [5.74, 6) is -0.572. The van der Waals surface area contributed by atoms with Gasteiger partial charge in [-0.2, -0.15) is 0 Å². The van der Waals surface area contributed by atoms with Gasteiger partial charge in [-0.3, -0.25) is 4.79 Å². The monoisotopic (exact) mass is 412 g/mol. The van der Waals surface area contributed by atoms with Crippen LogP contribution in [0.2, 0.25) is 0 Å². The first-order chi connectivity index (χ1) is 14.0. The van der Waals surface area contributed by atoms with Crippen LogP contribution in [0.4, 0.5) is 10.2 Å². The highest BCUT2D eigenvalue weighted by Crippen LogP contribution is 2.39. The SMILES string of the molecule is CCC[C@@H](Nc1nc(-c2csc3ccccc23)c2c(c1F)CNC2=O)[C@@H](N)CC. The maximum atomic E-state index is 15.3. The molecule has 0 radical (unpaired) electrons. The van der Waals surface area contributed by atoms with Crippen LogP contribution < -0.4 is 16.4 Å². The maximum Gasteiger partial charge on any atom is 0.254 e. The van der Waals surface area contributed by atoms with Crippen LogP contribution in [0.15, 0.2) is 29.6 Å². The second-order valence-electron chi connectivity index (χ2n) is 7.42. The van der Waals surface area contributed by atoms with Crippen molar-refractivity contribution in [3.63, 3.8) is 0 Å². The van der Waals surface area contributed by atoms with Gasteiger partial charge in [0.2, 0.25) is 0 Å². The van der Waals surface area contributed by atoms with Crippen LogP contribution in [0.25, 0.3) is 21.3 Å². The van der Waals surface area contributed by atoms with Crippen molar-refractivity contribution in [3.05, 3.63) is 46.6 Å². The molecule has 7 heteroatoms. The summed E-state index contributed by atoms with van der Waals surface area (Å²) >= 11 is 1.59. The number of carbonyl (C=O) groups is 1. The number of carbonyl (C=O) groups excluding carboxylic acids is 1. The van der Waals surface area contributed by atoms with Crippen molar-refractivity contribution < 1.29 is 9.18 Å². The van der Waals surface area contributed by atoms with E-state index in [-0.39, 0.29) is 30.4 Å². The van der Waals surface area contributed by atoms with Gasteiger partial charge in [-0.1, -0.05) is 38.5 Å². The summed E-state index contributed by atoms with van der Waals surface area (Å²) in [6, 6.07) is 7.79. The Morgan fingerprint density at radius 3 is 2.90 bits per heavy atom. The summed E-state index contributed by atoms with van der Waals surface area (Å²) in [5.41, 5.74) is 8.36. The standard InChI is InChI=1S/C22H25FN4OS/c1-3-7-16(15(24)4-2)26-21-19(23)13-10-25-22(28)18(13)20(27-21)14-11-29-17-9-6-5-8-12(14)17/h5-6,8-9,11,15-16H,3-4,7,10,24H2,1-2H3,(H,25,28)(H,26,27)/t15-,16+/m0/s1. The highest BCUT2D eigenvalue weighted by atomic mass is 32.1. The molecule has 3 heterocycles. The van der Waals surface area contributed by atoms with E-state index >= 15 is 4.39 Å². The number of amides is 1. The molecule has 2 atom stereocenters. The largest absolute Gasteiger partial charge is 0.363 e. The molecule has 1 amide bonds. The summed E-state index contributed by atoms with van der Waals surface area (Å²) in [4.78, 5) is 17.1. The fraction of sp³-hybridized carbons (Fsp3) is 0.364. The summed E-state index contributed by atoms with van der Waals surface area (Å²) in [6.45, 7) is 4.27. The lowest BCUT2D eigenvalue weighted by molar-refractivity contribution is 0.0966. The van der Waals surface area contributed by atoms with Gasteiger partial charge in [0.05, 0.1) is 11.3 Å². The van der Waals surface area contributed by atoms with Gasteiger partial charge >= 0.3 is 0 Å². The average molecular weight is 413 g/mol. The van der Waals surface area contributed by atoms with E-state index in [1.54, 1.807) is 11.3 Å². The molecule has 29 heavy (non-hydrogen) atoms. The molecule has 152 valence electrons. The van der Waals surface area contributed by atoms with Gasteiger partial charge in [0.1, 0.15) is 0 Å². The van der Waals surface area contributed by atoms with Crippen LogP contribution in [0, 0.1) is 5.82 Å². The number of anilines is 1. The summed E-state index contributed by atoms with van der Waals surface area (Å²) in [5, 5.41) is 9.00. The number of nitrogens with zero attached hydrogens (tertiary/aromatic N) is 1. The third-order valence-corrected chi connectivity index (χ3v) is 6.50. The minimum Gasteiger partial charge on any atom is -0.363 e. The van der Waals surface area contributed by atoms with Gasteiger partial charge in [-0.15, -0.1) is 11.3 Å². The van der Waals surface area contributed by atoms with E-state index in [4.69, 9.17) is 5.73 Å². The minimum absolute atomic E-state index is 0.0813. The Morgan fingerprint density at radius 1 is 1.34 bits per heavy atom. The summed E-state index contributed by atoms with van der Waals surface area (Å²) in [7, 11) is 0. The van der Waals surface area contributed by atoms with Gasteiger partial charge < -0.3 is 16.4 Å². The van der Waals surface area contributed by atoms with E-state index in [2.05, 4.69) is 22.5 Å². The molecule has 0 fully saturated rings. The van der Waals surface area contributed by atoms with Gasteiger partial charge in [0.15, 0.2) is 11.6 Å². The number of hydrogen-bond acceptors (Lipinski definition) is 5. The molecule has 1 aliphatic heterocycles. The highest BCUT2D eigenvalue weighted by molar-refractivity contribution is 7.17. The second-order valence-corrected chi connectivity index (χ2v) is 8.33. The molecule has 0 spiro atoms. The van der Waals surface area contributed by atoms with Crippen molar-refractivity contribution in [2.75, 3.05) is 5.32 Å². The Labute approximate surface area is 173 Å². The van der Waals surface area contributed by atoms with E-state index in [1.807, 2.05) is 36.6 Å². The number of pyridine rings is 1. The van der Waals surface area contributed by atoms with E-state index in [0.717, 1.165) is 34.9 Å². The van der Waals surface area contributed by atoms with Gasteiger partial charge in [0.25, 0.3) is 5.91 Å². The van der Waals surface area contributed by atoms with Gasteiger partial charge in [-0.05, 0) is 18.9 Å². The Bertz CT molecular complexity index is 1060. The first-order valence-electron chi connectivity index (χ1n) is 10.0. The zero-order valence-electron chi connectivity index (χ0n) is 16.6. The molecule has 0 unspecified atom stereocenters. The van der Waals surface area contributed by atoms with E-state index in [9.17, 15) is 4.79 Å². The van der Waals surface area contributed by atoms with Crippen LogP contribution in [0.5, 0.6) is 0 Å². The minimum atomic E-state index is -0.467. The first-order valence-corrected chi connectivity index (χ1v) is 10.9. The predicted molar refractivity (Wildman–Crippen MR) is 117 cm³/mol. The first kappa shape index (κ1) is 19.8. The molecule has 2 aromatic heterocycles. The molecule has 4 N–H and O–H groups in total. The Kier molecular flexibility index (Phi) is 5.52. The fourth-order valence-corrected chi connectivity index (χ4v) is 4.84. The van der Waals surface area contributed by atoms with Crippen molar-refractivity contribution in [1.29, 1.82) is 0 Å². The quantitative estimate of drug-likeness (QED) is 0.527. The molecule has 0 bridgehead atoms. The number of halogens is 1. The second kappa shape index (κ2) is 8.08. The number of aromatic nitrogens is 1. The third kappa shape index (κ3) is 3.49. The zero-order chi connectivity index (χ0) is 20.5. The van der Waals surface area contributed by atoms with Crippen molar-refractivity contribution in [1.82, 2.24) is 10.3 Å². The normalized spacial score (nSPS) is 15.2. The van der Waals surface area contributed by atoms with Gasteiger partial charge in [-0.25, -0.2) is 9.37 Å². The smallest absolute Gasteiger partial charge is 0.254 e. The van der Waals surface area contributed by atoms with Crippen molar-refractivity contribution >= 4 is 33.1 Å². The number of rotatable bonds is 7. The molecule has 1 aliphatic rings. The summed E-state index contributed by atoms with van der Waals surface area (Å²) < 4.78 is 16.4. The van der Waals surface area contributed by atoms with Crippen molar-refractivity contribution in [2.24, 2.45) is 5.73 Å². The fourth-order valence-electron chi connectivity index (χ4n) is 3.90. The maximum absolute atomic E-state index is 15.3. The molecule has 4 rings (SSSR count). The van der Waals surface area contributed by atoms with Crippen LogP contribution >= 0.6 is 11.3 Å². The summed E-state index contributed by atoms with van der Waals surface area (Å²) in [6.07, 6.45) is 2.54. The van der Waals surface area contributed by atoms with Crippen LogP contribution in [0.1, 0.15) is 49.0 Å². The number of thiophene rings is 1. The van der Waals surface area contributed by atoms with Crippen LogP contribution in [-0.2, 0) is 6.54 Å². The predicted octanol–water partition coefficient (Wildman–Crippen LogP) is 4.66. The number of benzene rings is 1. The molecular formula is C22H25FN4OS. The lowest BCUT2D eigenvalue weighted by Gasteiger charge is -2.25. The molecule has 1 aromatic carbocycles. The zero-order valence-corrected chi connectivity index (χ0v) is 17.4. The van der Waals surface area contributed by atoms with E-state index in [0.29, 0.717) is 16.8 Å². The molecule has 0 saturated carbocycles. The average Bonchev–Trinajstić information content (AvgIpc) is 3.33. The molecule has 0 saturated heterocycles. The number of nitrogens with two attached hydrogens (primary N) is 1. The molecule has 0 aliphatic carbocycles. The van der Waals surface area contributed by atoms with Crippen LogP contribution in [0.3, 0.4) is 0 Å². The number of fused-ring (bicyclic) bond motifs is 2. The lowest BCUT2D eigenvalue weighted by Crippen LogP contribution is -2.40. The van der Waals surface area contributed by atoms with Crippen molar-refractivity contribution in [2.45, 2.75) is 51.7 Å². The van der Waals surface area contributed by atoms with E-state index < -0.39 is 5.82 Å². The molecular weight excluding hydrogens is 387 g/mol. The topological polar surface area (TPSA) is 80.0 Å². The third-order valence-electron chi connectivity index (χ3n) is 5.53. The lowest BCUT2D eigenvalue weighted by atomic mass is 9.99. The Balaban J connectivity index is 1.87. The van der Waals surface area contributed by atoms with Crippen molar-refractivity contribution in [3.8, 4) is 11.3 Å². The Hall–Kier alpha value is -2.51. The molecule has 3 aromatic rings. The molecule has 5 nitrogen and oxygen atoms in total. The van der Waals surface area contributed by atoms with Gasteiger partial charge in [0, 0.05) is 45.2 Å². The number of nitrogens with one attached hydrogen (secondary N) is 2. The van der Waals surface area contributed by atoms with Crippen LogP contribution in [-0.4, -0.2) is 23.0 Å². The highest BCUT2D eigenvalue weighted by Gasteiger charge is 2.32. The Morgan fingerprint density at radius 2 is 2.14 bits per heavy atom. The van der Waals surface area contributed by atoms with E-state index in [1.165, 1.54) is 0 Å².